The van der Waals surface area contributed by atoms with Crippen LogP contribution in [0.5, 0.6) is 0 Å². The minimum atomic E-state index is 0.186. The highest BCUT2D eigenvalue weighted by Crippen LogP contribution is 2.27. The van der Waals surface area contributed by atoms with Crippen molar-refractivity contribution in [3.05, 3.63) is 34.4 Å². The van der Waals surface area contributed by atoms with Crippen LogP contribution in [-0.2, 0) is 11.8 Å². The van der Waals surface area contributed by atoms with Gasteiger partial charge in [-0.3, -0.25) is 4.99 Å². The Morgan fingerprint density at radius 2 is 1.63 bits per heavy atom. The van der Waals surface area contributed by atoms with E-state index in [4.69, 9.17) is 5.73 Å². The highest BCUT2D eigenvalue weighted by molar-refractivity contribution is 5.83. The molecule has 0 aromatic heterocycles. The minimum absolute atomic E-state index is 0.186. The third-order valence-electron chi connectivity index (χ3n) is 3.34. The fourth-order valence-electron chi connectivity index (χ4n) is 2.26. The lowest BCUT2D eigenvalue weighted by molar-refractivity contribution is 0.589. The fourth-order valence-corrected chi connectivity index (χ4v) is 2.26. The van der Waals surface area contributed by atoms with E-state index in [-0.39, 0.29) is 11.5 Å². The summed E-state index contributed by atoms with van der Waals surface area (Å²) >= 11 is 0. The number of nitrogens with two attached hydrogens (primary N) is 1. The monoisotopic (exact) mass is 260 g/mol. The van der Waals surface area contributed by atoms with Crippen LogP contribution in [0.4, 0.5) is 0 Å². The lowest BCUT2D eigenvalue weighted by atomic mass is 9.83. The fraction of sp³-hybridized carbons (Fsp3) is 0.588. The molecule has 1 aromatic rings. The zero-order valence-electron chi connectivity index (χ0n) is 13.5. The molecule has 0 spiro atoms. The first-order valence-electron chi connectivity index (χ1n) is 7.04. The molecule has 0 aliphatic carbocycles. The van der Waals surface area contributed by atoms with Gasteiger partial charge in [0.15, 0.2) is 0 Å². The maximum Gasteiger partial charge on any atom is 0.0984 e. The second-order valence-electron chi connectivity index (χ2n) is 6.73. The first-order valence-corrected chi connectivity index (χ1v) is 7.04. The summed E-state index contributed by atoms with van der Waals surface area (Å²) in [6.07, 6.45) is 0.750. The van der Waals surface area contributed by atoms with Gasteiger partial charge in [-0.05, 0) is 55.4 Å². The molecule has 0 saturated heterocycles. The van der Waals surface area contributed by atoms with E-state index in [0.717, 1.165) is 12.3 Å². The lowest BCUT2D eigenvalue weighted by Gasteiger charge is -2.22. The van der Waals surface area contributed by atoms with Crippen LogP contribution in [0.3, 0.4) is 0 Å². The number of nitrogens with zero attached hydrogens (tertiary/aromatic N) is 1. The summed E-state index contributed by atoms with van der Waals surface area (Å²) in [5.41, 5.74) is 11.5. The Balaban J connectivity index is 3.12. The van der Waals surface area contributed by atoms with Gasteiger partial charge in [-0.25, -0.2) is 0 Å². The Morgan fingerprint density at radius 3 is 2.00 bits per heavy atom. The first-order chi connectivity index (χ1) is 8.61. The molecule has 2 N–H and O–H groups in total. The number of aliphatic imine (C=N–C) groups is 1. The summed E-state index contributed by atoms with van der Waals surface area (Å²) in [6.45, 7) is 15.2. The van der Waals surface area contributed by atoms with Crippen molar-refractivity contribution in [2.75, 3.05) is 0 Å². The Bertz CT molecular complexity index is 454. The molecule has 106 valence electrons. The van der Waals surface area contributed by atoms with Crippen LogP contribution in [0.15, 0.2) is 17.1 Å². The van der Waals surface area contributed by atoms with Gasteiger partial charge in [0.2, 0.25) is 0 Å². The third-order valence-corrected chi connectivity index (χ3v) is 3.34. The third kappa shape index (κ3) is 4.38. The Hall–Kier alpha value is -1.31. The maximum atomic E-state index is 6.02. The molecule has 0 radical (unpaired) electrons. The number of hydrogen-bond acceptors (Lipinski definition) is 1. The summed E-state index contributed by atoms with van der Waals surface area (Å²) in [4.78, 5) is 4.42. The van der Waals surface area contributed by atoms with Gasteiger partial charge < -0.3 is 5.73 Å². The van der Waals surface area contributed by atoms with E-state index in [1.807, 2.05) is 0 Å². The summed E-state index contributed by atoms with van der Waals surface area (Å²) in [7, 11) is 0. The summed E-state index contributed by atoms with van der Waals surface area (Å²) in [5, 5.41) is 0. The second kappa shape index (κ2) is 5.77. The molecule has 0 fully saturated rings. The Kier molecular flexibility index (Phi) is 4.78. The van der Waals surface area contributed by atoms with Crippen molar-refractivity contribution in [1.82, 2.24) is 0 Å². The van der Waals surface area contributed by atoms with Crippen LogP contribution in [0.1, 0.15) is 56.9 Å². The number of hydrogen-bond donors (Lipinski definition) is 1. The summed E-state index contributed by atoms with van der Waals surface area (Å²) in [6, 6.07) is 4.82. The topological polar surface area (TPSA) is 38.4 Å². The lowest BCUT2D eigenvalue weighted by Crippen LogP contribution is -2.19. The van der Waals surface area contributed by atoms with Gasteiger partial charge >= 0.3 is 0 Å². The highest BCUT2D eigenvalue weighted by atomic mass is 14.9. The Labute approximate surface area is 118 Å². The van der Waals surface area contributed by atoms with Crippen molar-refractivity contribution in [1.29, 1.82) is 0 Å². The van der Waals surface area contributed by atoms with Gasteiger partial charge in [-0.1, -0.05) is 32.9 Å². The minimum Gasteiger partial charge on any atom is -0.387 e. The average Bonchev–Trinajstić information content (AvgIpc) is 2.20. The molecule has 2 heteroatoms. The molecule has 0 bridgehead atoms. The molecular formula is C17H28N2. The van der Waals surface area contributed by atoms with E-state index in [1.54, 1.807) is 0 Å². The van der Waals surface area contributed by atoms with Crippen molar-refractivity contribution < 1.29 is 0 Å². The molecule has 0 aliphatic heterocycles. The van der Waals surface area contributed by atoms with E-state index >= 15 is 0 Å². The molecule has 1 rings (SSSR count). The van der Waals surface area contributed by atoms with Crippen LogP contribution in [0, 0.1) is 13.8 Å². The van der Waals surface area contributed by atoms with E-state index in [1.165, 1.54) is 22.3 Å². The molecule has 0 aliphatic rings. The van der Waals surface area contributed by atoms with Gasteiger partial charge in [-0.15, -0.1) is 0 Å². The standard InChI is InChI=1S/C17H28N2/c1-11(2)19-16(18)10-15-12(3)8-14(9-13(15)4)17(5,6)7/h8-9,11H,10H2,1-7H3,(H2,18,19). The largest absolute Gasteiger partial charge is 0.387 e. The van der Waals surface area contributed by atoms with Gasteiger partial charge in [0, 0.05) is 12.5 Å². The quantitative estimate of drug-likeness (QED) is 0.649. The van der Waals surface area contributed by atoms with Crippen molar-refractivity contribution in [3.8, 4) is 0 Å². The molecule has 19 heavy (non-hydrogen) atoms. The maximum absolute atomic E-state index is 6.02. The van der Waals surface area contributed by atoms with Crippen molar-refractivity contribution in [2.45, 2.75) is 66.3 Å². The molecule has 0 unspecified atom stereocenters. The normalized spacial score (nSPS) is 13.2. The van der Waals surface area contributed by atoms with Crippen molar-refractivity contribution in [2.24, 2.45) is 10.7 Å². The van der Waals surface area contributed by atoms with E-state index in [2.05, 4.69) is 65.6 Å². The predicted octanol–water partition coefficient (Wildman–Crippen LogP) is 3.91. The Morgan fingerprint density at radius 1 is 1.16 bits per heavy atom. The van der Waals surface area contributed by atoms with Crippen LogP contribution >= 0.6 is 0 Å². The highest BCUT2D eigenvalue weighted by Gasteiger charge is 2.16. The van der Waals surface area contributed by atoms with Crippen LogP contribution < -0.4 is 5.73 Å². The number of aryl methyl sites for hydroxylation is 2. The molecule has 0 atom stereocenters. The SMILES string of the molecule is Cc1cc(C(C)(C)C)cc(C)c1CC(N)=NC(C)C. The first kappa shape index (κ1) is 15.7. The van der Waals surface area contributed by atoms with Crippen LogP contribution in [-0.4, -0.2) is 11.9 Å². The summed E-state index contributed by atoms with van der Waals surface area (Å²) in [5.74, 6) is 0.727. The molecule has 0 saturated carbocycles. The van der Waals surface area contributed by atoms with Crippen LogP contribution in [0.25, 0.3) is 0 Å². The molecule has 0 heterocycles. The molecule has 2 nitrogen and oxygen atoms in total. The summed E-state index contributed by atoms with van der Waals surface area (Å²) < 4.78 is 0. The van der Waals surface area contributed by atoms with Crippen molar-refractivity contribution in [3.63, 3.8) is 0 Å². The van der Waals surface area contributed by atoms with Crippen molar-refractivity contribution >= 4 is 5.84 Å². The van der Waals surface area contributed by atoms with Gasteiger partial charge in [0.1, 0.15) is 0 Å². The molecule has 1 aromatic carbocycles. The number of amidine groups is 1. The van der Waals surface area contributed by atoms with Gasteiger partial charge in [0.05, 0.1) is 5.84 Å². The molecule has 0 amide bonds. The number of rotatable bonds is 3. The van der Waals surface area contributed by atoms with E-state index in [0.29, 0.717) is 0 Å². The van der Waals surface area contributed by atoms with Gasteiger partial charge in [-0.2, -0.15) is 0 Å². The van der Waals surface area contributed by atoms with Crippen LogP contribution in [0.2, 0.25) is 0 Å². The van der Waals surface area contributed by atoms with E-state index in [9.17, 15) is 0 Å². The van der Waals surface area contributed by atoms with Gasteiger partial charge in [0.25, 0.3) is 0 Å². The second-order valence-corrected chi connectivity index (χ2v) is 6.73. The number of benzene rings is 1. The predicted molar refractivity (Wildman–Crippen MR) is 85.1 cm³/mol. The smallest absolute Gasteiger partial charge is 0.0984 e. The zero-order valence-corrected chi connectivity index (χ0v) is 13.5. The molecular weight excluding hydrogens is 232 g/mol. The average molecular weight is 260 g/mol. The van der Waals surface area contributed by atoms with E-state index < -0.39 is 0 Å². The zero-order chi connectivity index (χ0) is 14.8.